The molecule has 0 N–H and O–H groups in total. The molecule has 1 aliphatic rings. The third-order valence-corrected chi connectivity index (χ3v) is 4.01. The third-order valence-electron chi connectivity index (χ3n) is 4.01. The molecule has 3 heteroatoms. The van der Waals surface area contributed by atoms with Gasteiger partial charge in [-0.1, -0.05) is 50.8 Å². The lowest BCUT2D eigenvalue weighted by atomic mass is 10.0. The molecule has 0 saturated heterocycles. The Labute approximate surface area is 141 Å². The van der Waals surface area contributed by atoms with Gasteiger partial charge in [0, 0.05) is 19.5 Å². The Morgan fingerprint density at radius 2 is 2.04 bits per heavy atom. The summed E-state index contributed by atoms with van der Waals surface area (Å²) in [6.45, 7) is 20.6. The van der Waals surface area contributed by atoms with Crippen LogP contribution in [0.2, 0.25) is 0 Å². The molecule has 23 heavy (non-hydrogen) atoms. The molecule has 0 amide bonds. The average molecular weight is 318 g/mol. The van der Waals surface area contributed by atoms with E-state index in [-0.39, 0.29) is 5.83 Å². The van der Waals surface area contributed by atoms with Crippen molar-refractivity contribution < 1.29 is 4.39 Å². The smallest absolute Gasteiger partial charge is 0.0931 e. The Morgan fingerprint density at radius 1 is 1.35 bits per heavy atom. The van der Waals surface area contributed by atoms with E-state index in [1.807, 2.05) is 6.92 Å². The molecule has 0 aromatic carbocycles. The Balaban J connectivity index is 2.83. The van der Waals surface area contributed by atoms with E-state index in [0.29, 0.717) is 12.8 Å². The number of hydrogen-bond donors (Lipinski definition) is 0. The standard InChI is InChI=1S/C20H31FN2/c1-7-8-13-22-14-12-20(16(2)3)19(6)23(22)15-17(4)10-9-11-18(5)21/h10,12H,2,5-9,11,13-15H2,1,3-4H3/b17-10+. The first-order valence-corrected chi connectivity index (χ1v) is 8.43. The van der Waals surface area contributed by atoms with Crippen LogP contribution < -0.4 is 0 Å². The number of halogens is 1. The number of hydrazine groups is 1. The molecular formula is C20H31FN2. The number of allylic oxidation sites excluding steroid dienone is 3. The van der Waals surface area contributed by atoms with Gasteiger partial charge in [-0.25, -0.2) is 9.40 Å². The van der Waals surface area contributed by atoms with E-state index < -0.39 is 0 Å². The number of hydrogen-bond acceptors (Lipinski definition) is 2. The third kappa shape index (κ3) is 6.19. The van der Waals surface area contributed by atoms with Crippen LogP contribution in [0.25, 0.3) is 0 Å². The first kappa shape index (κ1) is 19.4. The van der Waals surface area contributed by atoms with Crippen LogP contribution in [0.1, 0.15) is 46.5 Å². The minimum absolute atomic E-state index is 0.256. The molecule has 1 aliphatic heterocycles. The largest absolute Gasteiger partial charge is 0.301 e. The van der Waals surface area contributed by atoms with E-state index in [0.717, 1.165) is 42.9 Å². The topological polar surface area (TPSA) is 6.48 Å². The summed E-state index contributed by atoms with van der Waals surface area (Å²) in [6, 6.07) is 0. The van der Waals surface area contributed by atoms with E-state index in [1.54, 1.807) is 0 Å². The van der Waals surface area contributed by atoms with Gasteiger partial charge in [0.05, 0.1) is 18.1 Å². The minimum Gasteiger partial charge on any atom is -0.301 e. The molecule has 2 nitrogen and oxygen atoms in total. The lowest BCUT2D eigenvalue weighted by Gasteiger charge is -2.42. The van der Waals surface area contributed by atoms with Crippen LogP contribution >= 0.6 is 0 Å². The summed E-state index contributed by atoms with van der Waals surface area (Å²) in [5, 5.41) is 4.58. The summed E-state index contributed by atoms with van der Waals surface area (Å²) in [6.07, 6.45) is 7.72. The zero-order valence-electron chi connectivity index (χ0n) is 15.0. The molecule has 0 unspecified atom stereocenters. The van der Waals surface area contributed by atoms with Crippen molar-refractivity contribution >= 4 is 0 Å². The summed E-state index contributed by atoms with van der Waals surface area (Å²) in [5.74, 6) is -0.256. The number of nitrogens with zero attached hydrogens (tertiary/aromatic N) is 2. The molecule has 0 radical (unpaired) electrons. The minimum atomic E-state index is -0.256. The van der Waals surface area contributed by atoms with E-state index in [1.165, 1.54) is 12.0 Å². The van der Waals surface area contributed by atoms with Gasteiger partial charge in [-0.3, -0.25) is 0 Å². The van der Waals surface area contributed by atoms with Gasteiger partial charge in [0.1, 0.15) is 0 Å². The summed E-state index contributed by atoms with van der Waals surface area (Å²) >= 11 is 0. The summed E-state index contributed by atoms with van der Waals surface area (Å²) in [7, 11) is 0. The van der Waals surface area contributed by atoms with Gasteiger partial charge in [0.15, 0.2) is 0 Å². The second-order valence-corrected chi connectivity index (χ2v) is 6.28. The number of unbranched alkanes of at least 4 members (excludes halogenated alkanes) is 1. The molecule has 1 heterocycles. The maximum absolute atomic E-state index is 12.7. The highest BCUT2D eigenvalue weighted by molar-refractivity contribution is 5.44. The first-order chi connectivity index (χ1) is 10.9. The molecule has 0 atom stereocenters. The Hall–Kier alpha value is -1.61. The van der Waals surface area contributed by atoms with Crippen LogP contribution in [-0.4, -0.2) is 29.7 Å². The molecule has 0 saturated carbocycles. The van der Waals surface area contributed by atoms with Crippen molar-refractivity contribution in [1.29, 1.82) is 0 Å². The van der Waals surface area contributed by atoms with Crippen LogP contribution in [0.4, 0.5) is 4.39 Å². The van der Waals surface area contributed by atoms with E-state index in [9.17, 15) is 4.39 Å². The van der Waals surface area contributed by atoms with E-state index in [4.69, 9.17) is 0 Å². The van der Waals surface area contributed by atoms with Crippen molar-refractivity contribution in [2.24, 2.45) is 0 Å². The van der Waals surface area contributed by atoms with Crippen molar-refractivity contribution in [3.05, 3.63) is 60.1 Å². The predicted octanol–water partition coefficient (Wildman–Crippen LogP) is 5.55. The van der Waals surface area contributed by atoms with Crippen LogP contribution in [0.15, 0.2) is 60.1 Å². The summed E-state index contributed by atoms with van der Waals surface area (Å²) < 4.78 is 12.7. The maximum Gasteiger partial charge on any atom is 0.0931 e. The highest BCUT2D eigenvalue weighted by Gasteiger charge is 2.23. The Kier molecular flexibility index (Phi) is 8.04. The van der Waals surface area contributed by atoms with Crippen LogP contribution in [0.3, 0.4) is 0 Å². The van der Waals surface area contributed by atoms with Gasteiger partial charge in [-0.2, -0.15) is 0 Å². The maximum atomic E-state index is 12.7. The van der Waals surface area contributed by atoms with Crippen LogP contribution in [0.5, 0.6) is 0 Å². The van der Waals surface area contributed by atoms with Gasteiger partial charge in [0.2, 0.25) is 0 Å². The highest BCUT2D eigenvalue weighted by atomic mass is 19.1. The van der Waals surface area contributed by atoms with Crippen molar-refractivity contribution in [3.63, 3.8) is 0 Å². The number of rotatable bonds is 9. The van der Waals surface area contributed by atoms with E-state index in [2.05, 4.69) is 55.8 Å². The summed E-state index contributed by atoms with van der Waals surface area (Å²) in [5.41, 5.74) is 4.41. The second kappa shape index (κ2) is 9.51. The lowest BCUT2D eigenvalue weighted by Crippen LogP contribution is -2.46. The fourth-order valence-electron chi connectivity index (χ4n) is 2.67. The van der Waals surface area contributed by atoms with Crippen molar-refractivity contribution in [3.8, 4) is 0 Å². The highest BCUT2D eigenvalue weighted by Crippen LogP contribution is 2.27. The second-order valence-electron chi connectivity index (χ2n) is 6.28. The molecule has 0 bridgehead atoms. The molecule has 0 aromatic heterocycles. The molecule has 0 spiro atoms. The Morgan fingerprint density at radius 3 is 2.61 bits per heavy atom. The van der Waals surface area contributed by atoms with Crippen LogP contribution in [0, 0.1) is 0 Å². The monoisotopic (exact) mass is 318 g/mol. The molecule has 0 fully saturated rings. The quantitative estimate of drug-likeness (QED) is 0.515. The first-order valence-electron chi connectivity index (χ1n) is 8.43. The van der Waals surface area contributed by atoms with Crippen molar-refractivity contribution in [2.75, 3.05) is 19.6 Å². The van der Waals surface area contributed by atoms with E-state index >= 15 is 0 Å². The summed E-state index contributed by atoms with van der Waals surface area (Å²) in [4.78, 5) is 0. The predicted molar refractivity (Wildman–Crippen MR) is 98.5 cm³/mol. The SMILES string of the molecule is C=C(F)CC/C=C(\C)CN1C(=C)C(C(=C)C)=CCN1CCCC. The zero-order chi connectivity index (χ0) is 17.4. The Bertz CT molecular complexity index is 514. The van der Waals surface area contributed by atoms with Gasteiger partial charge >= 0.3 is 0 Å². The van der Waals surface area contributed by atoms with Gasteiger partial charge in [0.25, 0.3) is 0 Å². The zero-order valence-corrected chi connectivity index (χ0v) is 15.0. The lowest BCUT2D eigenvalue weighted by molar-refractivity contribution is 0.0239. The van der Waals surface area contributed by atoms with Crippen LogP contribution in [-0.2, 0) is 0 Å². The van der Waals surface area contributed by atoms with Crippen molar-refractivity contribution in [2.45, 2.75) is 46.5 Å². The molecule has 128 valence electrons. The molecule has 1 rings (SSSR count). The molecular weight excluding hydrogens is 287 g/mol. The normalized spacial score (nSPS) is 16.5. The van der Waals surface area contributed by atoms with Gasteiger partial charge in [-0.15, -0.1) is 0 Å². The fraction of sp³-hybridized carbons (Fsp3) is 0.500. The molecule has 0 aliphatic carbocycles. The fourth-order valence-corrected chi connectivity index (χ4v) is 2.67. The average Bonchev–Trinajstić information content (AvgIpc) is 2.47. The van der Waals surface area contributed by atoms with Gasteiger partial charge in [-0.05, 0) is 37.8 Å². The van der Waals surface area contributed by atoms with Gasteiger partial charge < -0.3 is 5.01 Å². The molecule has 0 aromatic rings. The van der Waals surface area contributed by atoms with Crippen molar-refractivity contribution in [1.82, 2.24) is 10.0 Å².